The summed E-state index contributed by atoms with van der Waals surface area (Å²) in [6.45, 7) is 3.78. The number of aromatic nitrogens is 2. The van der Waals surface area contributed by atoms with Crippen molar-refractivity contribution in [2.24, 2.45) is 0 Å². The number of benzene rings is 1. The lowest BCUT2D eigenvalue weighted by Crippen LogP contribution is -1.96. The number of nitrogens with zero attached hydrogens (tertiary/aromatic N) is 2. The molecule has 0 fully saturated rings. The summed E-state index contributed by atoms with van der Waals surface area (Å²) in [6.07, 6.45) is 2.54. The first kappa shape index (κ1) is 14.9. The molecule has 5 heteroatoms. The summed E-state index contributed by atoms with van der Waals surface area (Å²) in [5.74, 6) is -1.38. The van der Waals surface area contributed by atoms with Crippen molar-refractivity contribution in [3.63, 3.8) is 0 Å². The van der Waals surface area contributed by atoms with Crippen LogP contribution in [0.25, 0.3) is 22.2 Å². The lowest BCUT2D eigenvalue weighted by Gasteiger charge is -2.11. The number of pyridine rings is 2. The molecule has 0 saturated carbocycles. The van der Waals surface area contributed by atoms with Crippen LogP contribution in [-0.4, -0.2) is 9.97 Å². The van der Waals surface area contributed by atoms with Crippen molar-refractivity contribution in [1.29, 1.82) is 0 Å². The predicted molar refractivity (Wildman–Crippen MR) is 84.0 cm³/mol. The molecule has 0 aliphatic rings. The Hall–Kier alpha value is -2.07. The van der Waals surface area contributed by atoms with Crippen LogP contribution in [0.3, 0.4) is 0 Å². The van der Waals surface area contributed by atoms with Gasteiger partial charge in [-0.3, -0.25) is 4.98 Å². The third-order valence-corrected chi connectivity index (χ3v) is 4.10. The van der Waals surface area contributed by atoms with E-state index < -0.39 is 11.6 Å². The van der Waals surface area contributed by atoms with E-state index in [0.29, 0.717) is 11.3 Å². The van der Waals surface area contributed by atoms with Crippen LogP contribution in [-0.2, 0) is 6.42 Å². The molecule has 0 amide bonds. The fourth-order valence-corrected chi connectivity index (χ4v) is 2.69. The van der Waals surface area contributed by atoms with Gasteiger partial charge in [0.25, 0.3) is 0 Å². The molecular weight excluding hydrogens is 306 g/mol. The van der Waals surface area contributed by atoms with Crippen LogP contribution in [0.4, 0.5) is 8.78 Å². The number of fused-ring (bicyclic) bond motifs is 1. The van der Waals surface area contributed by atoms with Gasteiger partial charge in [0, 0.05) is 29.6 Å². The van der Waals surface area contributed by atoms with Gasteiger partial charge in [0.2, 0.25) is 0 Å². The van der Waals surface area contributed by atoms with Gasteiger partial charge in [0.15, 0.2) is 0 Å². The van der Waals surface area contributed by atoms with E-state index in [1.54, 1.807) is 13.1 Å². The summed E-state index contributed by atoms with van der Waals surface area (Å²) < 4.78 is 27.4. The van der Waals surface area contributed by atoms with E-state index in [0.717, 1.165) is 23.7 Å². The molecule has 112 valence electrons. The quantitative estimate of drug-likeness (QED) is 0.657. The van der Waals surface area contributed by atoms with Crippen LogP contribution < -0.4 is 0 Å². The van der Waals surface area contributed by atoms with Gasteiger partial charge in [-0.2, -0.15) is 0 Å². The molecule has 3 aromatic rings. The van der Waals surface area contributed by atoms with Crippen molar-refractivity contribution in [2.75, 3.05) is 0 Å². The monoisotopic (exact) mass is 318 g/mol. The van der Waals surface area contributed by atoms with Gasteiger partial charge in [0.1, 0.15) is 11.6 Å². The molecule has 22 heavy (non-hydrogen) atoms. The summed E-state index contributed by atoms with van der Waals surface area (Å²) in [7, 11) is 0. The maximum Gasteiger partial charge on any atom is 0.137 e. The zero-order valence-electron chi connectivity index (χ0n) is 12.1. The first-order chi connectivity index (χ1) is 10.5. The van der Waals surface area contributed by atoms with Crippen LogP contribution >= 0.6 is 11.6 Å². The van der Waals surface area contributed by atoms with E-state index in [4.69, 9.17) is 11.6 Å². The third kappa shape index (κ3) is 2.44. The Balaban J connectivity index is 2.27. The molecule has 0 bridgehead atoms. The number of rotatable bonds is 2. The van der Waals surface area contributed by atoms with Gasteiger partial charge in [0.05, 0.1) is 21.6 Å². The van der Waals surface area contributed by atoms with Gasteiger partial charge in [-0.25, -0.2) is 13.8 Å². The second-order valence-corrected chi connectivity index (χ2v) is 5.45. The van der Waals surface area contributed by atoms with E-state index in [1.165, 1.54) is 6.07 Å². The smallest absolute Gasteiger partial charge is 0.137 e. The molecule has 2 nitrogen and oxygen atoms in total. The molecule has 2 aromatic heterocycles. The average Bonchev–Trinajstić information content (AvgIpc) is 2.50. The zero-order valence-corrected chi connectivity index (χ0v) is 12.9. The van der Waals surface area contributed by atoms with Crippen LogP contribution in [0.5, 0.6) is 0 Å². The zero-order chi connectivity index (χ0) is 15.9. The lowest BCUT2D eigenvalue weighted by atomic mass is 10.0. The molecule has 0 spiro atoms. The third-order valence-electron chi connectivity index (χ3n) is 3.63. The Morgan fingerprint density at radius 2 is 1.95 bits per heavy atom. The molecule has 0 unspecified atom stereocenters. The molecule has 0 radical (unpaired) electrons. The summed E-state index contributed by atoms with van der Waals surface area (Å²) in [5.41, 5.74) is 3.15. The maximum absolute atomic E-state index is 13.9. The van der Waals surface area contributed by atoms with Gasteiger partial charge in [-0.05, 0) is 31.0 Å². The fraction of sp³-hybridized carbons (Fsp3) is 0.176. The molecule has 0 saturated heterocycles. The first-order valence-corrected chi connectivity index (χ1v) is 7.29. The first-order valence-electron chi connectivity index (χ1n) is 6.91. The standard InChI is InChI=1S/C17H13ClF2N2/c1-3-12-5-4-10(8-21-12)17-9(2)16(18)15-13(20)6-11(19)7-14(15)22-17/h4-8H,3H2,1-2H3. The molecule has 1 aromatic carbocycles. The molecule has 0 aliphatic carbocycles. The number of halogens is 3. The highest BCUT2D eigenvalue weighted by molar-refractivity contribution is 6.36. The van der Waals surface area contributed by atoms with Crippen LogP contribution in [0, 0.1) is 18.6 Å². The Bertz CT molecular complexity index is 861. The summed E-state index contributed by atoms with van der Waals surface area (Å²) >= 11 is 6.27. The Morgan fingerprint density at radius 3 is 2.59 bits per heavy atom. The highest BCUT2D eigenvalue weighted by atomic mass is 35.5. The highest BCUT2D eigenvalue weighted by Crippen LogP contribution is 2.34. The fourth-order valence-electron chi connectivity index (χ4n) is 2.42. The van der Waals surface area contributed by atoms with Crippen molar-refractivity contribution in [3.8, 4) is 11.3 Å². The van der Waals surface area contributed by atoms with E-state index >= 15 is 0 Å². The maximum atomic E-state index is 13.9. The Kier molecular flexibility index (Phi) is 3.79. The second-order valence-electron chi connectivity index (χ2n) is 5.07. The Morgan fingerprint density at radius 1 is 1.18 bits per heavy atom. The largest absolute Gasteiger partial charge is 0.261 e. The number of hydrogen-bond donors (Lipinski definition) is 0. The second kappa shape index (κ2) is 5.61. The Labute approximate surface area is 131 Å². The molecule has 3 rings (SSSR count). The van der Waals surface area contributed by atoms with E-state index in [1.807, 2.05) is 19.1 Å². The van der Waals surface area contributed by atoms with Crippen LogP contribution in [0.1, 0.15) is 18.2 Å². The lowest BCUT2D eigenvalue weighted by molar-refractivity contribution is 0.591. The SMILES string of the molecule is CCc1ccc(-c2nc3cc(F)cc(F)c3c(Cl)c2C)cn1. The molecular formula is C17H13ClF2N2. The predicted octanol–water partition coefficient (Wildman–Crippen LogP) is 5.10. The van der Waals surface area contributed by atoms with Crippen molar-refractivity contribution >= 4 is 22.5 Å². The normalized spacial score (nSPS) is 11.1. The molecule has 0 aliphatic heterocycles. The van der Waals surface area contributed by atoms with Crippen molar-refractivity contribution < 1.29 is 8.78 Å². The topological polar surface area (TPSA) is 25.8 Å². The van der Waals surface area contributed by atoms with Crippen LogP contribution in [0.2, 0.25) is 5.02 Å². The minimum absolute atomic E-state index is 0.141. The average molecular weight is 319 g/mol. The van der Waals surface area contributed by atoms with E-state index in [-0.39, 0.29) is 15.9 Å². The van der Waals surface area contributed by atoms with Gasteiger partial charge < -0.3 is 0 Å². The van der Waals surface area contributed by atoms with Crippen LogP contribution in [0.15, 0.2) is 30.5 Å². The highest BCUT2D eigenvalue weighted by Gasteiger charge is 2.16. The number of aryl methyl sites for hydroxylation is 1. The summed E-state index contributed by atoms with van der Waals surface area (Å²) in [6, 6.07) is 5.79. The van der Waals surface area contributed by atoms with Gasteiger partial charge in [-0.1, -0.05) is 18.5 Å². The summed E-state index contributed by atoms with van der Waals surface area (Å²) in [5, 5.41) is 0.388. The van der Waals surface area contributed by atoms with E-state index in [9.17, 15) is 8.78 Å². The van der Waals surface area contributed by atoms with E-state index in [2.05, 4.69) is 9.97 Å². The van der Waals surface area contributed by atoms with Crippen molar-refractivity contribution in [2.45, 2.75) is 20.3 Å². The van der Waals surface area contributed by atoms with Gasteiger partial charge >= 0.3 is 0 Å². The minimum atomic E-state index is -0.707. The minimum Gasteiger partial charge on any atom is -0.261 e. The molecule has 0 atom stereocenters. The van der Waals surface area contributed by atoms with Crippen molar-refractivity contribution in [3.05, 3.63) is 58.4 Å². The van der Waals surface area contributed by atoms with Crippen molar-refractivity contribution in [1.82, 2.24) is 9.97 Å². The molecule has 2 heterocycles. The van der Waals surface area contributed by atoms with Gasteiger partial charge in [-0.15, -0.1) is 0 Å². The molecule has 0 N–H and O–H groups in total. The number of hydrogen-bond acceptors (Lipinski definition) is 2. The summed E-state index contributed by atoms with van der Waals surface area (Å²) in [4.78, 5) is 8.71.